The molecule has 21 heavy (non-hydrogen) atoms. The van der Waals surface area contributed by atoms with Crippen molar-refractivity contribution in [3.63, 3.8) is 0 Å². The third-order valence-electron chi connectivity index (χ3n) is 3.16. The van der Waals surface area contributed by atoms with Crippen LogP contribution in [0.2, 0.25) is 0 Å². The molecule has 1 rings (SSSR count). The second kappa shape index (κ2) is 8.72. The van der Waals surface area contributed by atoms with E-state index in [-0.39, 0.29) is 19.0 Å². The van der Waals surface area contributed by atoms with Gasteiger partial charge in [0.05, 0.1) is 13.1 Å². The molecular weight excluding hydrogens is 274 g/mol. The first-order valence-electron chi connectivity index (χ1n) is 7.32. The highest BCUT2D eigenvalue weighted by molar-refractivity contribution is 5.92. The SMILES string of the molecule is CCCN(CC(=O)Nc1ccc(C(C)C)cc1)CC(F)F. The standard InChI is InChI=1S/C16H24F2N2O/c1-4-9-20(10-15(17)18)11-16(21)19-14-7-5-13(6-8-14)12(2)3/h5-8,12,15H,4,9-11H2,1-3H3,(H,19,21). The van der Waals surface area contributed by atoms with E-state index in [4.69, 9.17) is 0 Å². The summed E-state index contributed by atoms with van der Waals surface area (Å²) in [7, 11) is 0. The lowest BCUT2D eigenvalue weighted by molar-refractivity contribution is -0.117. The van der Waals surface area contributed by atoms with Crippen LogP contribution in [0.3, 0.4) is 0 Å². The molecule has 0 fully saturated rings. The van der Waals surface area contributed by atoms with Crippen LogP contribution >= 0.6 is 0 Å². The molecule has 0 aliphatic heterocycles. The number of anilines is 1. The second-order valence-electron chi connectivity index (χ2n) is 5.45. The van der Waals surface area contributed by atoms with Crippen LogP contribution in [0.25, 0.3) is 0 Å². The molecule has 1 aromatic carbocycles. The molecule has 1 aromatic rings. The fraction of sp³-hybridized carbons (Fsp3) is 0.562. The third kappa shape index (κ3) is 6.67. The Bertz CT molecular complexity index is 432. The first-order chi connectivity index (χ1) is 9.92. The van der Waals surface area contributed by atoms with Gasteiger partial charge in [-0.2, -0.15) is 0 Å². The lowest BCUT2D eigenvalue weighted by Crippen LogP contribution is -2.37. The summed E-state index contributed by atoms with van der Waals surface area (Å²) >= 11 is 0. The Labute approximate surface area is 125 Å². The fourth-order valence-corrected chi connectivity index (χ4v) is 2.10. The molecule has 0 aliphatic carbocycles. The number of nitrogens with zero attached hydrogens (tertiary/aromatic N) is 1. The first kappa shape index (κ1) is 17.6. The monoisotopic (exact) mass is 298 g/mol. The fourth-order valence-electron chi connectivity index (χ4n) is 2.10. The number of hydrogen-bond acceptors (Lipinski definition) is 2. The van der Waals surface area contributed by atoms with Crippen molar-refractivity contribution in [3.05, 3.63) is 29.8 Å². The maximum atomic E-state index is 12.4. The molecule has 0 atom stereocenters. The Morgan fingerprint density at radius 1 is 1.24 bits per heavy atom. The molecule has 0 bridgehead atoms. The highest BCUT2D eigenvalue weighted by Gasteiger charge is 2.15. The summed E-state index contributed by atoms with van der Waals surface area (Å²) in [4.78, 5) is 13.4. The van der Waals surface area contributed by atoms with E-state index in [0.29, 0.717) is 18.2 Å². The van der Waals surface area contributed by atoms with Crippen molar-refractivity contribution in [3.8, 4) is 0 Å². The number of hydrogen-bond donors (Lipinski definition) is 1. The number of nitrogens with one attached hydrogen (secondary N) is 1. The van der Waals surface area contributed by atoms with E-state index in [2.05, 4.69) is 19.2 Å². The van der Waals surface area contributed by atoms with Gasteiger partial charge in [-0.05, 0) is 36.6 Å². The van der Waals surface area contributed by atoms with E-state index < -0.39 is 6.43 Å². The molecule has 0 saturated carbocycles. The summed E-state index contributed by atoms with van der Waals surface area (Å²) in [5.74, 6) is 0.169. The van der Waals surface area contributed by atoms with Gasteiger partial charge in [-0.1, -0.05) is 32.9 Å². The van der Waals surface area contributed by atoms with Gasteiger partial charge in [0.2, 0.25) is 5.91 Å². The zero-order chi connectivity index (χ0) is 15.8. The Balaban J connectivity index is 2.54. The minimum atomic E-state index is -2.42. The van der Waals surface area contributed by atoms with E-state index in [9.17, 15) is 13.6 Å². The zero-order valence-electron chi connectivity index (χ0n) is 12.9. The van der Waals surface area contributed by atoms with E-state index in [0.717, 1.165) is 6.42 Å². The minimum absolute atomic E-state index is 0.00981. The van der Waals surface area contributed by atoms with E-state index >= 15 is 0 Å². The van der Waals surface area contributed by atoms with Crippen molar-refractivity contribution in [1.29, 1.82) is 0 Å². The summed E-state index contributed by atoms with van der Waals surface area (Å²) in [5, 5.41) is 2.74. The predicted molar refractivity (Wildman–Crippen MR) is 81.9 cm³/mol. The zero-order valence-corrected chi connectivity index (χ0v) is 12.9. The summed E-state index contributed by atoms with van der Waals surface area (Å²) < 4.78 is 24.9. The second-order valence-corrected chi connectivity index (χ2v) is 5.45. The maximum absolute atomic E-state index is 12.4. The molecule has 0 spiro atoms. The largest absolute Gasteiger partial charge is 0.325 e. The quantitative estimate of drug-likeness (QED) is 0.793. The predicted octanol–water partition coefficient (Wildman–Crippen LogP) is 3.73. The summed E-state index contributed by atoms with van der Waals surface area (Å²) in [6.07, 6.45) is -1.68. The molecule has 0 saturated heterocycles. The van der Waals surface area contributed by atoms with Crippen molar-refractivity contribution in [2.45, 2.75) is 39.5 Å². The Morgan fingerprint density at radius 2 is 1.86 bits per heavy atom. The number of carbonyl (C=O) groups is 1. The number of amides is 1. The van der Waals surface area contributed by atoms with Gasteiger partial charge >= 0.3 is 0 Å². The molecule has 1 N–H and O–H groups in total. The van der Waals surface area contributed by atoms with E-state index in [1.54, 1.807) is 0 Å². The molecular formula is C16H24F2N2O. The highest BCUT2D eigenvalue weighted by Crippen LogP contribution is 2.17. The first-order valence-corrected chi connectivity index (χ1v) is 7.32. The van der Waals surface area contributed by atoms with E-state index in [1.807, 2.05) is 31.2 Å². The number of halogens is 2. The number of benzene rings is 1. The van der Waals surface area contributed by atoms with Gasteiger partial charge in [0.15, 0.2) is 0 Å². The van der Waals surface area contributed by atoms with Crippen LogP contribution in [0, 0.1) is 0 Å². The number of rotatable bonds is 8. The number of alkyl halides is 2. The molecule has 3 nitrogen and oxygen atoms in total. The molecule has 5 heteroatoms. The molecule has 0 radical (unpaired) electrons. The van der Waals surface area contributed by atoms with Crippen molar-refractivity contribution < 1.29 is 13.6 Å². The van der Waals surface area contributed by atoms with Gasteiger partial charge in [-0.15, -0.1) is 0 Å². The van der Waals surface area contributed by atoms with Crippen molar-refractivity contribution in [1.82, 2.24) is 4.90 Å². The van der Waals surface area contributed by atoms with Crippen LogP contribution in [-0.2, 0) is 4.79 Å². The van der Waals surface area contributed by atoms with Crippen LogP contribution < -0.4 is 5.32 Å². The molecule has 0 aromatic heterocycles. The Kier molecular flexibility index (Phi) is 7.29. The average Bonchev–Trinajstić information content (AvgIpc) is 2.38. The van der Waals surface area contributed by atoms with Gasteiger partial charge in [0.1, 0.15) is 0 Å². The van der Waals surface area contributed by atoms with E-state index in [1.165, 1.54) is 10.5 Å². The van der Waals surface area contributed by atoms with Crippen molar-refractivity contribution in [2.75, 3.05) is 25.0 Å². The topological polar surface area (TPSA) is 32.3 Å². The van der Waals surface area contributed by atoms with Gasteiger partial charge < -0.3 is 5.32 Å². The van der Waals surface area contributed by atoms with Gasteiger partial charge in [0.25, 0.3) is 6.43 Å². The number of carbonyl (C=O) groups excluding carboxylic acids is 1. The molecule has 0 heterocycles. The van der Waals surface area contributed by atoms with Crippen LogP contribution in [0.15, 0.2) is 24.3 Å². The lowest BCUT2D eigenvalue weighted by atomic mass is 10.0. The third-order valence-corrected chi connectivity index (χ3v) is 3.16. The van der Waals surface area contributed by atoms with Crippen molar-refractivity contribution in [2.24, 2.45) is 0 Å². The molecule has 1 amide bonds. The smallest absolute Gasteiger partial charge is 0.251 e. The Morgan fingerprint density at radius 3 is 2.33 bits per heavy atom. The highest BCUT2D eigenvalue weighted by atomic mass is 19.3. The maximum Gasteiger partial charge on any atom is 0.251 e. The lowest BCUT2D eigenvalue weighted by Gasteiger charge is -2.20. The van der Waals surface area contributed by atoms with Gasteiger partial charge in [-0.3, -0.25) is 9.69 Å². The average molecular weight is 298 g/mol. The Hall–Kier alpha value is -1.49. The molecule has 0 aliphatic rings. The van der Waals surface area contributed by atoms with Crippen molar-refractivity contribution >= 4 is 11.6 Å². The van der Waals surface area contributed by atoms with Crippen LogP contribution in [-0.4, -0.2) is 36.9 Å². The summed E-state index contributed by atoms with van der Waals surface area (Å²) in [5.41, 5.74) is 1.89. The van der Waals surface area contributed by atoms with Gasteiger partial charge in [-0.25, -0.2) is 8.78 Å². The summed E-state index contributed by atoms with van der Waals surface area (Å²) in [6.45, 7) is 6.21. The normalized spacial score (nSPS) is 11.4. The van der Waals surface area contributed by atoms with Crippen LogP contribution in [0.5, 0.6) is 0 Å². The summed E-state index contributed by atoms with van der Waals surface area (Å²) in [6, 6.07) is 7.60. The molecule has 118 valence electrons. The molecule has 0 unspecified atom stereocenters. The van der Waals surface area contributed by atoms with Crippen LogP contribution in [0.1, 0.15) is 38.7 Å². The minimum Gasteiger partial charge on any atom is -0.325 e. The van der Waals surface area contributed by atoms with Gasteiger partial charge in [0, 0.05) is 5.69 Å². The van der Waals surface area contributed by atoms with Crippen LogP contribution in [0.4, 0.5) is 14.5 Å².